The van der Waals surface area contributed by atoms with Crippen LogP contribution in [0, 0.1) is 5.92 Å². The molecule has 1 fully saturated rings. The Labute approximate surface area is 161 Å². The van der Waals surface area contributed by atoms with Crippen molar-refractivity contribution in [1.29, 1.82) is 0 Å². The summed E-state index contributed by atoms with van der Waals surface area (Å²) in [5.41, 5.74) is 1.45. The number of hydrogen-bond acceptors (Lipinski definition) is 4. The van der Waals surface area contributed by atoms with Crippen molar-refractivity contribution in [2.45, 2.75) is 57.9 Å². The molecule has 0 bridgehead atoms. The highest BCUT2D eigenvalue weighted by Gasteiger charge is 2.29. The third kappa shape index (κ3) is 8.09. The van der Waals surface area contributed by atoms with Crippen molar-refractivity contribution in [3.05, 3.63) is 35.4 Å². The normalized spacial score (nSPS) is 14.2. The summed E-state index contributed by atoms with van der Waals surface area (Å²) in [6.45, 7) is 4.33. The minimum atomic E-state index is -3.43. The molecule has 7 nitrogen and oxygen atoms in total. The smallest absolute Gasteiger partial charge is 0.223 e. The van der Waals surface area contributed by atoms with Crippen LogP contribution in [0.25, 0.3) is 0 Å². The quantitative estimate of drug-likeness (QED) is 0.493. The van der Waals surface area contributed by atoms with Crippen molar-refractivity contribution < 1.29 is 18.0 Å². The van der Waals surface area contributed by atoms with Crippen LogP contribution in [-0.2, 0) is 31.9 Å². The molecule has 1 aromatic carbocycles. The van der Waals surface area contributed by atoms with Crippen LogP contribution in [0.2, 0.25) is 0 Å². The molecule has 0 aromatic heterocycles. The Bertz CT molecular complexity index is 758. The van der Waals surface area contributed by atoms with E-state index in [4.69, 9.17) is 0 Å². The Morgan fingerprint density at radius 2 is 1.78 bits per heavy atom. The Morgan fingerprint density at radius 3 is 2.41 bits per heavy atom. The number of hydrogen-bond donors (Lipinski definition) is 3. The van der Waals surface area contributed by atoms with Gasteiger partial charge < -0.3 is 10.6 Å². The van der Waals surface area contributed by atoms with E-state index in [1.165, 1.54) is 0 Å². The number of nitrogens with one attached hydrogen (secondary N) is 3. The highest BCUT2D eigenvalue weighted by molar-refractivity contribution is 7.88. The topological polar surface area (TPSA) is 104 Å². The fourth-order valence-electron chi connectivity index (χ4n) is 2.71. The minimum absolute atomic E-state index is 0.0838. The summed E-state index contributed by atoms with van der Waals surface area (Å²) in [6.07, 6.45) is 2.83. The first-order valence-corrected chi connectivity index (χ1v) is 11.0. The molecule has 0 spiro atoms. The van der Waals surface area contributed by atoms with E-state index in [2.05, 4.69) is 15.4 Å². The molecule has 1 aliphatic rings. The van der Waals surface area contributed by atoms with Gasteiger partial charge in [-0.05, 0) is 44.2 Å². The van der Waals surface area contributed by atoms with Crippen LogP contribution in [0.3, 0.4) is 0 Å². The fourth-order valence-corrected chi connectivity index (χ4v) is 4.20. The molecule has 2 amide bonds. The monoisotopic (exact) mass is 395 g/mol. The van der Waals surface area contributed by atoms with Crippen LogP contribution in [0.4, 0.5) is 0 Å². The first-order chi connectivity index (χ1) is 12.8. The van der Waals surface area contributed by atoms with Gasteiger partial charge in [-0.2, -0.15) is 0 Å². The van der Waals surface area contributed by atoms with Crippen molar-refractivity contribution in [2.75, 3.05) is 6.54 Å². The number of sulfonamides is 1. The van der Waals surface area contributed by atoms with Crippen LogP contribution in [0.1, 0.15) is 50.7 Å². The molecule has 1 aliphatic carbocycles. The van der Waals surface area contributed by atoms with Gasteiger partial charge in [-0.25, -0.2) is 13.1 Å². The van der Waals surface area contributed by atoms with Gasteiger partial charge in [0.05, 0.1) is 5.75 Å². The van der Waals surface area contributed by atoms with E-state index < -0.39 is 10.0 Å². The first-order valence-electron chi connectivity index (χ1n) is 9.38. The molecule has 0 radical (unpaired) electrons. The molecule has 2 rings (SSSR count). The first kappa shape index (κ1) is 21.4. The Hall–Kier alpha value is -1.93. The number of amides is 2. The lowest BCUT2D eigenvalue weighted by molar-refractivity contribution is -0.123. The molecular weight excluding hydrogens is 366 g/mol. The summed E-state index contributed by atoms with van der Waals surface area (Å²) in [5, 5.41) is 5.65. The lowest BCUT2D eigenvalue weighted by Gasteiger charge is -2.13. The molecule has 1 aromatic rings. The maximum atomic E-state index is 12.1. The van der Waals surface area contributed by atoms with Gasteiger partial charge in [0, 0.05) is 31.5 Å². The van der Waals surface area contributed by atoms with Gasteiger partial charge in [-0.1, -0.05) is 24.3 Å². The summed E-state index contributed by atoms with van der Waals surface area (Å²) in [5.74, 6) is 0.0238. The fraction of sp³-hybridized carbons (Fsp3) is 0.579. The highest BCUT2D eigenvalue weighted by Crippen LogP contribution is 2.28. The number of benzene rings is 1. The summed E-state index contributed by atoms with van der Waals surface area (Å²) in [7, 11) is -3.43. The van der Waals surface area contributed by atoms with Crippen molar-refractivity contribution in [3.8, 4) is 0 Å². The highest BCUT2D eigenvalue weighted by atomic mass is 32.2. The predicted molar refractivity (Wildman–Crippen MR) is 104 cm³/mol. The third-order valence-corrected chi connectivity index (χ3v) is 5.70. The van der Waals surface area contributed by atoms with Crippen LogP contribution in [0.15, 0.2) is 24.3 Å². The zero-order valence-electron chi connectivity index (χ0n) is 16.0. The molecule has 0 aliphatic heterocycles. The van der Waals surface area contributed by atoms with Gasteiger partial charge in [0.25, 0.3) is 0 Å². The average Bonchev–Trinajstić information content (AvgIpc) is 3.41. The van der Waals surface area contributed by atoms with Gasteiger partial charge >= 0.3 is 0 Å². The number of carbonyl (C=O) groups is 2. The van der Waals surface area contributed by atoms with Crippen molar-refractivity contribution in [3.63, 3.8) is 0 Å². The lowest BCUT2D eigenvalue weighted by Crippen LogP contribution is -2.32. The second-order valence-corrected chi connectivity index (χ2v) is 9.00. The summed E-state index contributed by atoms with van der Waals surface area (Å²) in [6, 6.07) is 7.02. The van der Waals surface area contributed by atoms with Gasteiger partial charge in [-0.15, -0.1) is 0 Å². The van der Waals surface area contributed by atoms with Gasteiger partial charge in [0.15, 0.2) is 0 Å². The minimum Gasteiger partial charge on any atom is -0.356 e. The molecule has 8 heteroatoms. The van der Waals surface area contributed by atoms with Crippen molar-refractivity contribution in [2.24, 2.45) is 5.92 Å². The van der Waals surface area contributed by atoms with E-state index in [0.29, 0.717) is 24.9 Å². The zero-order valence-corrected chi connectivity index (χ0v) is 16.8. The average molecular weight is 396 g/mol. The molecule has 0 atom stereocenters. The van der Waals surface area contributed by atoms with Gasteiger partial charge in [-0.3, -0.25) is 9.59 Å². The molecule has 150 valence electrons. The SMILES string of the molecule is CC(C)NS(=O)(=O)Cc1ccccc1CNC(=O)CCCNC(=O)C1CC1. The molecule has 3 N–H and O–H groups in total. The Kier molecular flexibility index (Phi) is 7.79. The lowest BCUT2D eigenvalue weighted by atomic mass is 10.1. The summed E-state index contributed by atoms with van der Waals surface area (Å²) < 4.78 is 26.9. The molecule has 0 saturated heterocycles. The summed E-state index contributed by atoms with van der Waals surface area (Å²) in [4.78, 5) is 23.5. The van der Waals surface area contributed by atoms with Crippen LogP contribution < -0.4 is 15.4 Å². The Balaban J connectivity index is 1.77. The molecule has 0 unspecified atom stereocenters. The third-order valence-electron chi connectivity index (χ3n) is 4.18. The van der Waals surface area contributed by atoms with E-state index in [9.17, 15) is 18.0 Å². The van der Waals surface area contributed by atoms with Gasteiger partial charge in [0.2, 0.25) is 21.8 Å². The maximum absolute atomic E-state index is 12.1. The predicted octanol–water partition coefficient (Wildman–Crippen LogP) is 1.44. The molecule has 27 heavy (non-hydrogen) atoms. The standard InChI is InChI=1S/C19H29N3O4S/c1-14(2)22-27(25,26)13-17-7-4-3-6-16(17)12-21-18(23)8-5-11-20-19(24)15-9-10-15/h3-4,6-7,14-15,22H,5,8-13H2,1-2H3,(H,20,24)(H,21,23). The maximum Gasteiger partial charge on any atom is 0.223 e. The number of rotatable bonds is 11. The largest absolute Gasteiger partial charge is 0.356 e. The van der Waals surface area contributed by atoms with Crippen molar-refractivity contribution in [1.82, 2.24) is 15.4 Å². The van der Waals surface area contributed by atoms with Gasteiger partial charge in [0.1, 0.15) is 0 Å². The second kappa shape index (κ2) is 9.85. The van der Waals surface area contributed by atoms with E-state index >= 15 is 0 Å². The van der Waals surface area contributed by atoms with Crippen molar-refractivity contribution >= 4 is 21.8 Å². The molecular formula is C19H29N3O4S. The van der Waals surface area contributed by atoms with E-state index in [1.807, 2.05) is 12.1 Å². The van der Waals surface area contributed by atoms with Crippen LogP contribution in [0.5, 0.6) is 0 Å². The Morgan fingerprint density at radius 1 is 1.11 bits per heavy atom. The van der Waals surface area contributed by atoms with Crippen LogP contribution >= 0.6 is 0 Å². The van der Waals surface area contributed by atoms with E-state index in [1.54, 1.807) is 26.0 Å². The van der Waals surface area contributed by atoms with E-state index in [0.717, 1.165) is 18.4 Å². The zero-order chi connectivity index (χ0) is 19.9. The van der Waals surface area contributed by atoms with Crippen LogP contribution in [-0.4, -0.2) is 32.8 Å². The summed E-state index contributed by atoms with van der Waals surface area (Å²) >= 11 is 0. The second-order valence-electron chi connectivity index (χ2n) is 7.25. The molecule has 1 saturated carbocycles. The van der Waals surface area contributed by atoms with E-state index in [-0.39, 0.29) is 36.1 Å². The molecule has 0 heterocycles. The number of carbonyl (C=O) groups excluding carboxylic acids is 2.